The van der Waals surface area contributed by atoms with Gasteiger partial charge in [-0.3, -0.25) is 0 Å². The van der Waals surface area contributed by atoms with Gasteiger partial charge in [-0.15, -0.1) is 0 Å². The van der Waals surface area contributed by atoms with E-state index in [1.807, 2.05) is 0 Å². The van der Waals surface area contributed by atoms with E-state index in [-0.39, 0.29) is 6.04 Å². The minimum Gasteiger partial charge on any atom is -0.326 e. The highest BCUT2D eigenvalue weighted by Crippen LogP contribution is 2.17. The third-order valence-corrected chi connectivity index (χ3v) is 5.25. The molecular formula is C25H38N2. The lowest BCUT2D eigenvalue weighted by Gasteiger charge is -2.27. The quantitative estimate of drug-likeness (QED) is 0.528. The first-order valence-corrected chi connectivity index (χ1v) is 10.6. The zero-order valence-electron chi connectivity index (χ0n) is 17.6. The van der Waals surface area contributed by atoms with Gasteiger partial charge < -0.3 is 11.1 Å². The molecule has 0 radical (unpaired) electrons. The SMILES string of the molecule is CC(C)CC(N)C(Cc1ccc(C(C)C)cc1)NCCCc1ccccc1. The summed E-state index contributed by atoms with van der Waals surface area (Å²) in [6.45, 7) is 10.00. The molecule has 148 valence electrons. The summed E-state index contributed by atoms with van der Waals surface area (Å²) in [5, 5.41) is 3.76. The Bertz CT molecular complexity index is 631. The van der Waals surface area contributed by atoms with Crippen molar-refractivity contribution in [3.63, 3.8) is 0 Å². The second-order valence-corrected chi connectivity index (χ2v) is 8.54. The summed E-state index contributed by atoms with van der Waals surface area (Å²) in [5.74, 6) is 1.20. The smallest absolute Gasteiger partial charge is 0.0259 e. The maximum atomic E-state index is 6.58. The van der Waals surface area contributed by atoms with E-state index in [0.29, 0.717) is 17.9 Å². The van der Waals surface area contributed by atoms with Crippen LogP contribution in [0, 0.1) is 5.92 Å². The van der Waals surface area contributed by atoms with Crippen molar-refractivity contribution in [2.24, 2.45) is 11.7 Å². The highest BCUT2D eigenvalue weighted by Gasteiger charge is 2.19. The molecule has 0 aliphatic carbocycles. The second-order valence-electron chi connectivity index (χ2n) is 8.54. The molecule has 0 bridgehead atoms. The lowest BCUT2D eigenvalue weighted by Crippen LogP contribution is -2.47. The van der Waals surface area contributed by atoms with Crippen molar-refractivity contribution in [3.8, 4) is 0 Å². The van der Waals surface area contributed by atoms with E-state index >= 15 is 0 Å². The Morgan fingerprint density at radius 2 is 1.52 bits per heavy atom. The average molecular weight is 367 g/mol. The summed E-state index contributed by atoms with van der Waals surface area (Å²) in [4.78, 5) is 0. The maximum Gasteiger partial charge on any atom is 0.0259 e. The number of benzene rings is 2. The molecule has 27 heavy (non-hydrogen) atoms. The van der Waals surface area contributed by atoms with Crippen LogP contribution in [0.15, 0.2) is 54.6 Å². The molecular weight excluding hydrogens is 328 g/mol. The molecule has 0 aromatic heterocycles. The second kappa shape index (κ2) is 11.3. The van der Waals surface area contributed by atoms with Crippen LogP contribution in [0.3, 0.4) is 0 Å². The van der Waals surface area contributed by atoms with Crippen LogP contribution < -0.4 is 11.1 Å². The number of nitrogens with one attached hydrogen (secondary N) is 1. The van der Waals surface area contributed by atoms with Gasteiger partial charge >= 0.3 is 0 Å². The van der Waals surface area contributed by atoms with Crippen LogP contribution in [-0.4, -0.2) is 18.6 Å². The first-order valence-electron chi connectivity index (χ1n) is 10.6. The summed E-state index contributed by atoms with van der Waals surface area (Å²) in [5.41, 5.74) is 10.8. The molecule has 2 unspecified atom stereocenters. The molecule has 2 aromatic rings. The van der Waals surface area contributed by atoms with E-state index < -0.39 is 0 Å². The van der Waals surface area contributed by atoms with Crippen molar-refractivity contribution >= 4 is 0 Å². The van der Waals surface area contributed by atoms with E-state index in [1.54, 1.807) is 0 Å². The minimum atomic E-state index is 0.187. The summed E-state index contributed by atoms with van der Waals surface area (Å²) < 4.78 is 0. The van der Waals surface area contributed by atoms with E-state index in [1.165, 1.54) is 16.7 Å². The molecule has 0 fully saturated rings. The van der Waals surface area contributed by atoms with Crippen molar-refractivity contribution in [2.75, 3.05) is 6.54 Å². The van der Waals surface area contributed by atoms with Crippen LogP contribution >= 0.6 is 0 Å². The first kappa shape index (κ1) is 21.7. The van der Waals surface area contributed by atoms with E-state index in [4.69, 9.17) is 5.73 Å². The maximum absolute atomic E-state index is 6.58. The van der Waals surface area contributed by atoms with Gasteiger partial charge in [0.1, 0.15) is 0 Å². The lowest BCUT2D eigenvalue weighted by molar-refractivity contribution is 0.371. The number of hydrogen-bond donors (Lipinski definition) is 2. The molecule has 0 heterocycles. The van der Waals surface area contributed by atoms with Crippen LogP contribution in [0.25, 0.3) is 0 Å². The third-order valence-electron chi connectivity index (χ3n) is 5.25. The van der Waals surface area contributed by atoms with Crippen LogP contribution in [0.2, 0.25) is 0 Å². The molecule has 0 aliphatic heterocycles. The van der Waals surface area contributed by atoms with E-state index in [9.17, 15) is 0 Å². The van der Waals surface area contributed by atoms with Crippen molar-refractivity contribution in [1.29, 1.82) is 0 Å². The first-order chi connectivity index (χ1) is 13.0. The predicted molar refractivity (Wildman–Crippen MR) is 118 cm³/mol. The number of hydrogen-bond acceptors (Lipinski definition) is 2. The molecule has 2 rings (SSSR count). The summed E-state index contributed by atoms with van der Waals surface area (Å²) in [6, 6.07) is 20.3. The van der Waals surface area contributed by atoms with Crippen LogP contribution in [0.1, 0.15) is 63.1 Å². The largest absolute Gasteiger partial charge is 0.326 e. The van der Waals surface area contributed by atoms with E-state index in [2.05, 4.69) is 87.6 Å². The third kappa shape index (κ3) is 7.86. The summed E-state index contributed by atoms with van der Waals surface area (Å²) in [7, 11) is 0. The van der Waals surface area contributed by atoms with Gasteiger partial charge in [-0.05, 0) is 60.8 Å². The summed E-state index contributed by atoms with van der Waals surface area (Å²) in [6.07, 6.45) is 4.31. The molecule has 3 N–H and O–H groups in total. The Morgan fingerprint density at radius 3 is 2.11 bits per heavy atom. The normalized spacial score (nSPS) is 13.9. The Hall–Kier alpha value is -1.64. The monoisotopic (exact) mass is 366 g/mol. The molecule has 2 atom stereocenters. The molecule has 0 amide bonds. The van der Waals surface area contributed by atoms with Crippen molar-refractivity contribution in [2.45, 2.75) is 71.4 Å². The number of rotatable bonds is 11. The highest BCUT2D eigenvalue weighted by atomic mass is 14.9. The van der Waals surface area contributed by atoms with Gasteiger partial charge in [0.25, 0.3) is 0 Å². The Labute approximate surface area is 166 Å². The van der Waals surface area contributed by atoms with Crippen LogP contribution in [0.5, 0.6) is 0 Å². The van der Waals surface area contributed by atoms with Gasteiger partial charge in [0.15, 0.2) is 0 Å². The van der Waals surface area contributed by atoms with Gasteiger partial charge in [-0.2, -0.15) is 0 Å². The number of aryl methyl sites for hydroxylation is 1. The fourth-order valence-electron chi connectivity index (χ4n) is 3.60. The molecule has 0 saturated heterocycles. The van der Waals surface area contributed by atoms with Crippen molar-refractivity contribution < 1.29 is 0 Å². The average Bonchev–Trinajstić information content (AvgIpc) is 2.65. The van der Waals surface area contributed by atoms with Gasteiger partial charge in [0.05, 0.1) is 0 Å². The van der Waals surface area contributed by atoms with Gasteiger partial charge in [-0.25, -0.2) is 0 Å². The minimum absolute atomic E-state index is 0.187. The predicted octanol–water partition coefficient (Wildman–Crippen LogP) is 5.32. The molecule has 0 spiro atoms. The van der Waals surface area contributed by atoms with Crippen molar-refractivity contribution in [3.05, 3.63) is 71.3 Å². The van der Waals surface area contributed by atoms with Gasteiger partial charge in [0, 0.05) is 12.1 Å². The zero-order chi connectivity index (χ0) is 19.6. The molecule has 2 heteroatoms. The molecule has 0 aliphatic rings. The zero-order valence-corrected chi connectivity index (χ0v) is 17.6. The van der Waals surface area contributed by atoms with Crippen LogP contribution in [-0.2, 0) is 12.8 Å². The molecule has 2 nitrogen and oxygen atoms in total. The Morgan fingerprint density at radius 1 is 0.852 bits per heavy atom. The molecule has 2 aromatic carbocycles. The fourth-order valence-corrected chi connectivity index (χ4v) is 3.60. The Balaban J connectivity index is 1.91. The highest BCUT2D eigenvalue weighted by molar-refractivity contribution is 5.25. The number of nitrogens with two attached hydrogens (primary N) is 1. The van der Waals surface area contributed by atoms with E-state index in [0.717, 1.165) is 32.2 Å². The molecule has 0 saturated carbocycles. The lowest BCUT2D eigenvalue weighted by atomic mass is 9.92. The van der Waals surface area contributed by atoms with Gasteiger partial charge in [-0.1, -0.05) is 82.3 Å². The topological polar surface area (TPSA) is 38.0 Å². The van der Waals surface area contributed by atoms with Crippen LogP contribution in [0.4, 0.5) is 0 Å². The van der Waals surface area contributed by atoms with Crippen molar-refractivity contribution in [1.82, 2.24) is 5.32 Å². The fraction of sp³-hybridized carbons (Fsp3) is 0.520. The summed E-state index contributed by atoms with van der Waals surface area (Å²) >= 11 is 0. The standard InChI is InChI=1S/C25H38N2/c1-19(2)17-24(26)25(18-22-12-14-23(15-13-22)20(3)4)27-16-8-11-21-9-6-5-7-10-21/h5-7,9-10,12-15,19-20,24-25,27H,8,11,16-18,26H2,1-4H3. The Kier molecular flexibility index (Phi) is 9.03. The van der Waals surface area contributed by atoms with Gasteiger partial charge in [0.2, 0.25) is 0 Å².